The van der Waals surface area contributed by atoms with Gasteiger partial charge in [0, 0.05) is 27.5 Å². The molecule has 1 aromatic heterocycles. The van der Waals surface area contributed by atoms with Crippen molar-refractivity contribution in [2.75, 3.05) is 0 Å². The van der Waals surface area contributed by atoms with E-state index >= 15 is 0 Å². The average Bonchev–Trinajstić information content (AvgIpc) is 2.61. The predicted octanol–water partition coefficient (Wildman–Crippen LogP) is 5.38. The third kappa shape index (κ3) is 2.47. The number of azide groups is 1. The molecule has 1 aliphatic rings. The molecule has 5 nitrogen and oxygen atoms in total. The zero-order valence-electron chi connectivity index (χ0n) is 13.0. The molecule has 116 valence electrons. The Morgan fingerprint density at radius 2 is 1.92 bits per heavy atom. The van der Waals surface area contributed by atoms with E-state index in [1.54, 1.807) is 0 Å². The van der Waals surface area contributed by atoms with Crippen molar-refractivity contribution in [2.45, 2.75) is 13.2 Å². The van der Waals surface area contributed by atoms with Crippen LogP contribution in [0.25, 0.3) is 33.2 Å². The van der Waals surface area contributed by atoms with Crippen molar-refractivity contribution in [2.24, 2.45) is 5.11 Å². The highest BCUT2D eigenvalue weighted by molar-refractivity contribution is 5.85. The lowest BCUT2D eigenvalue weighted by molar-refractivity contribution is 0.174. The number of rotatable bonds is 2. The first kappa shape index (κ1) is 14.3. The Bertz CT molecular complexity index is 1000. The molecule has 0 unspecified atom stereocenters. The van der Waals surface area contributed by atoms with Crippen LogP contribution in [0.3, 0.4) is 0 Å². The topological polar surface area (TPSA) is 70.9 Å². The first-order chi connectivity index (χ1) is 11.7. The van der Waals surface area contributed by atoms with Crippen molar-refractivity contribution in [3.05, 3.63) is 87.4 Å². The highest BCUT2D eigenvalue weighted by atomic mass is 16.5. The zero-order chi connectivity index (χ0) is 16.5. The Hall–Kier alpha value is -3.30. The summed E-state index contributed by atoms with van der Waals surface area (Å²) >= 11 is 0. The molecule has 3 aromatic rings. The van der Waals surface area contributed by atoms with Crippen molar-refractivity contribution in [1.82, 2.24) is 4.98 Å². The summed E-state index contributed by atoms with van der Waals surface area (Å²) in [5.74, 6) is 0.655. The van der Waals surface area contributed by atoms with Crippen LogP contribution in [-0.2, 0) is 4.74 Å². The third-order valence-electron chi connectivity index (χ3n) is 4.05. The molecule has 0 bridgehead atoms. The number of pyridine rings is 1. The second-order valence-corrected chi connectivity index (χ2v) is 5.71. The van der Waals surface area contributed by atoms with Crippen molar-refractivity contribution in [3.63, 3.8) is 0 Å². The van der Waals surface area contributed by atoms with Crippen LogP contribution in [0.5, 0.6) is 0 Å². The summed E-state index contributed by atoms with van der Waals surface area (Å²) in [6, 6.07) is 17.8. The largest absolute Gasteiger partial charge is 0.479 e. The van der Waals surface area contributed by atoms with Crippen LogP contribution in [0.1, 0.15) is 28.6 Å². The van der Waals surface area contributed by atoms with Crippen LogP contribution in [0.4, 0.5) is 0 Å². The van der Waals surface area contributed by atoms with Crippen LogP contribution in [0.15, 0.2) is 59.7 Å². The van der Waals surface area contributed by atoms with Crippen LogP contribution >= 0.6 is 0 Å². The maximum Gasteiger partial charge on any atom is 0.204 e. The zero-order valence-corrected chi connectivity index (χ0v) is 13.0. The number of para-hydroxylation sites is 1. The van der Waals surface area contributed by atoms with E-state index in [2.05, 4.69) is 10.0 Å². The molecule has 0 radical (unpaired) electrons. The van der Waals surface area contributed by atoms with Crippen molar-refractivity contribution in [3.8, 4) is 0 Å². The molecule has 2 aromatic carbocycles. The highest BCUT2D eigenvalue weighted by Crippen LogP contribution is 2.37. The molecule has 1 aliphatic heterocycles. The molecule has 1 atom stereocenters. The van der Waals surface area contributed by atoms with E-state index in [0.717, 1.165) is 27.7 Å². The molecule has 0 amide bonds. The first-order valence-electron chi connectivity index (χ1n) is 7.64. The number of hydrogen-bond donors (Lipinski definition) is 0. The number of aromatic nitrogens is 1. The minimum absolute atomic E-state index is 0.655. The fraction of sp³-hybridized carbons (Fsp3) is 0.105. The van der Waals surface area contributed by atoms with E-state index in [9.17, 15) is 0 Å². The van der Waals surface area contributed by atoms with E-state index in [-0.39, 0.29) is 0 Å². The van der Waals surface area contributed by atoms with Crippen LogP contribution in [0, 0.1) is 6.92 Å². The van der Waals surface area contributed by atoms with Crippen molar-refractivity contribution >= 4 is 22.7 Å². The second kappa shape index (κ2) is 5.72. The summed E-state index contributed by atoms with van der Waals surface area (Å²) < 4.78 is 5.93. The number of hydrogen-bond acceptors (Lipinski definition) is 3. The van der Waals surface area contributed by atoms with Crippen molar-refractivity contribution < 1.29 is 4.74 Å². The summed E-state index contributed by atoms with van der Waals surface area (Å²) in [6.07, 6.45) is 1.18. The molecule has 0 N–H and O–H groups in total. The number of fused-ring (bicyclic) bond motifs is 2. The summed E-state index contributed by atoms with van der Waals surface area (Å²) in [4.78, 5) is 7.63. The molecule has 0 fully saturated rings. The molecular weight excluding hydrogens is 300 g/mol. The van der Waals surface area contributed by atoms with Crippen LogP contribution in [-0.4, -0.2) is 4.98 Å². The number of ether oxygens (including phenoxy) is 1. The number of benzene rings is 2. The Morgan fingerprint density at radius 1 is 1.12 bits per heavy atom. The molecule has 0 saturated heterocycles. The van der Waals surface area contributed by atoms with Gasteiger partial charge in [0.15, 0.2) is 0 Å². The molecule has 0 spiro atoms. The minimum atomic E-state index is -0.719. The van der Waals surface area contributed by atoms with E-state index in [1.807, 2.05) is 67.6 Å². The molecule has 4 rings (SSSR count). The fourth-order valence-corrected chi connectivity index (χ4v) is 2.80. The second-order valence-electron chi connectivity index (χ2n) is 5.71. The number of nitrogens with zero attached hydrogens (tertiary/aromatic N) is 4. The van der Waals surface area contributed by atoms with Gasteiger partial charge in [-0.25, -0.2) is 4.98 Å². The maximum absolute atomic E-state index is 8.89. The lowest BCUT2D eigenvalue weighted by Crippen LogP contribution is -2.09. The SMILES string of the molecule is Cc1ccc(C2=Cc3nc4ccccc4cc3[C@H](N=[N+]=[N-])O2)cc1. The van der Waals surface area contributed by atoms with Gasteiger partial charge in [0.25, 0.3) is 0 Å². The van der Waals surface area contributed by atoms with E-state index < -0.39 is 6.23 Å². The van der Waals surface area contributed by atoms with Gasteiger partial charge in [-0.3, -0.25) is 0 Å². The van der Waals surface area contributed by atoms with Crippen LogP contribution < -0.4 is 0 Å². The van der Waals surface area contributed by atoms with Gasteiger partial charge in [-0.15, -0.1) is 0 Å². The lowest BCUT2D eigenvalue weighted by Gasteiger charge is -2.24. The maximum atomic E-state index is 8.89. The Labute approximate surface area is 138 Å². The van der Waals surface area contributed by atoms with Gasteiger partial charge in [0.1, 0.15) is 5.76 Å². The van der Waals surface area contributed by atoms with Gasteiger partial charge in [-0.05, 0) is 29.7 Å². The Morgan fingerprint density at radius 3 is 2.71 bits per heavy atom. The van der Waals surface area contributed by atoms with Crippen molar-refractivity contribution in [1.29, 1.82) is 0 Å². The van der Waals surface area contributed by atoms with Crippen LogP contribution in [0.2, 0.25) is 0 Å². The summed E-state index contributed by atoms with van der Waals surface area (Å²) in [5.41, 5.74) is 13.4. The minimum Gasteiger partial charge on any atom is -0.479 e. The van der Waals surface area contributed by atoms with Gasteiger partial charge in [0.05, 0.1) is 11.2 Å². The lowest BCUT2D eigenvalue weighted by atomic mass is 10.0. The average molecular weight is 314 g/mol. The normalized spacial score (nSPS) is 15.9. The van der Waals surface area contributed by atoms with Gasteiger partial charge in [-0.1, -0.05) is 48.0 Å². The summed E-state index contributed by atoms with van der Waals surface area (Å²) in [7, 11) is 0. The standard InChI is InChI=1S/C19H14N4O/c1-12-6-8-13(9-7-12)18-11-17-15(19(24-18)22-23-20)10-14-4-2-3-5-16(14)21-17/h2-11,19H,1H3/t19-/m1/s1. The van der Waals surface area contributed by atoms with Gasteiger partial charge < -0.3 is 4.74 Å². The third-order valence-corrected chi connectivity index (χ3v) is 4.05. The summed E-state index contributed by atoms with van der Waals surface area (Å²) in [6.45, 7) is 2.03. The Balaban J connectivity index is 1.90. The first-order valence-corrected chi connectivity index (χ1v) is 7.64. The molecule has 5 heteroatoms. The highest BCUT2D eigenvalue weighted by Gasteiger charge is 2.24. The van der Waals surface area contributed by atoms with E-state index in [0.29, 0.717) is 5.76 Å². The molecule has 24 heavy (non-hydrogen) atoms. The fourth-order valence-electron chi connectivity index (χ4n) is 2.80. The number of aryl methyl sites for hydroxylation is 1. The van der Waals surface area contributed by atoms with Gasteiger partial charge >= 0.3 is 0 Å². The molecule has 2 heterocycles. The predicted molar refractivity (Wildman–Crippen MR) is 93.8 cm³/mol. The molecule has 0 aliphatic carbocycles. The smallest absolute Gasteiger partial charge is 0.204 e. The summed E-state index contributed by atoms with van der Waals surface area (Å²) in [5, 5.41) is 4.79. The quantitative estimate of drug-likeness (QED) is 0.362. The van der Waals surface area contributed by atoms with E-state index in [1.165, 1.54) is 5.56 Å². The Kier molecular flexibility index (Phi) is 3.41. The molecule has 0 saturated carbocycles. The monoisotopic (exact) mass is 314 g/mol. The van der Waals surface area contributed by atoms with E-state index in [4.69, 9.17) is 15.3 Å². The van der Waals surface area contributed by atoms with Gasteiger partial charge in [0.2, 0.25) is 6.23 Å². The van der Waals surface area contributed by atoms with Gasteiger partial charge in [-0.2, -0.15) is 0 Å². The molecular formula is C19H14N4O.